The van der Waals surface area contributed by atoms with Crippen LogP contribution in [-0.4, -0.2) is 47.4 Å². The molecular formula is C67H129NO5. The summed E-state index contributed by atoms with van der Waals surface area (Å²) in [5.41, 5.74) is 0. The van der Waals surface area contributed by atoms with E-state index in [-0.39, 0.29) is 18.5 Å². The van der Waals surface area contributed by atoms with Crippen LogP contribution < -0.4 is 5.32 Å². The van der Waals surface area contributed by atoms with E-state index in [0.29, 0.717) is 19.4 Å². The zero-order chi connectivity index (χ0) is 52.9. The lowest BCUT2D eigenvalue weighted by Crippen LogP contribution is -2.45. The van der Waals surface area contributed by atoms with Gasteiger partial charge in [-0.3, -0.25) is 9.59 Å². The van der Waals surface area contributed by atoms with E-state index in [4.69, 9.17) is 4.74 Å². The van der Waals surface area contributed by atoms with Crippen molar-refractivity contribution < 1.29 is 24.5 Å². The fourth-order valence-electron chi connectivity index (χ4n) is 10.4. The molecule has 73 heavy (non-hydrogen) atoms. The van der Waals surface area contributed by atoms with Crippen molar-refractivity contribution in [3.8, 4) is 0 Å². The first-order valence-electron chi connectivity index (χ1n) is 33.1. The number of esters is 1. The van der Waals surface area contributed by atoms with E-state index in [2.05, 4.69) is 31.3 Å². The lowest BCUT2D eigenvalue weighted by Gasteiger charge is -2.20. The molecule has 0 spiro atoms. The van der Waals surface area contributed by atoms with Crippen molar-refractivity contribution in [3.63, 3.8) is 0 Å². The molecule has 0 saturated carbocycles. The quantitative estimate of drug-likeness (QED) is 0.0320. The van der Waals surface area contributed by atoms with Gasteiger partial charge in [-0.15, -0.1) is 0 Å². The van der Waals surface area contributed by atoms with Gasteiger partial charge in [-0.1, -0.05) is 321 Å². The maximum atomic E-state index is 12.4. The Labute approximate surface area is 456 Å². The Bertz CT molecular complexity index is 1140. The molecule has 0 aromatic rings. The van der Waals surface area contributed by atoms with Gasteiger partial charge >= 0.3 is 5.97 Å². The van der Waals surface area contributed by atoms with Gasteiger partial charge in [0.2, 0.25) is 5.91 Å². The maximum absolute atomic E-state index is 12.4. The molecule has 2 atom stereocenters. The normalized spacial score (nSPS) is 12.7. The Morgan fingerprint density at radius 3 is 0.973 bits per heavy atom. The molecule has 0 bridgehead atoms. The van der Waals surface area contributed by atoms with E-state index in [1.807, 2.05) is 6.08 Å². The molecule has 0 saturated heterocycles. The molecule has 0 aliphatic rings. The molecule has 6 heteroatoms. The molecule has 0 radical (unpaired) electrons. The molecule has 0 aromatic heterocycles. The number of allylic oxidation sites excluding steroid dienone is 3. The molecule has 1 amide bonds. The molecule has 0 rings (SSSR count). The number of aliphatic hydroxyl groups excluding tert-OH is 2. The number of amides is 1. The highest BCUT2D eigenvalue weighted by Crippen LogP contribution is 2.18. The Hall–Kier alpha value is -1.66. The van der Waals surface area contributed by atoms with E-state index >= 15 is 0 Å². The molecular weight excluding hydrogens is 899 g/mol. The second-order valence-corrected chi connectivity index (χ2v) is 22.8. The molecule has 0 aliphatic heterocycles. The fraction of sp³-hybridized carbons (Fsp3) is 0.910. The van der Waals surface area contributed by atoms with Crippen molar-refractivity contribution in [1.82, 2.24) is 5.32 Å². The largest absolute Gasteiger partial charge is 0.466 e. The minimum atomic E-state index is -0.844. The molecule has 0 heterocycles. The van der Waals surface area contributed by atoms with Crippen molar-refractivity contribution in [2.24, 2.45) is 0 Å². The summed E-state index contributed by atoms with van der Waals surface area (Å²) < 4.78 is 5.51. The molecule has 0 aliphatic carbocycles. The topological polar surface area (TPSA) is 95.9 Å². The summed E-state index contributed by atoms with van der Waals surface area (Å²) in [7, 11) is 0. The van der Waals surface area contributed by atoms with Crippen molar-refractivity contribution in [1.29, 1.82) is 0 Å². The first-order chi connectivity index (χ1) is 36.0. The number of hydrogen-bond acceptors (Lipinski definition) is 5. The molecule has 6 nitrogen and oxygen atoms in total. The maximum Gasteiger partial charge on any atom is 0.305 e. The van der Waals surface area contributed by atoms with Crippen molar-refractivity contribution in [2.45, 2.75) is 379 Å². The Morgan fingerprint density at radius 1 is 0.370 bits per heavy atom. The van der Waals surface area contributed by atoms with Gasteiger partial charge in [0, 0.05) is 12.8 Å². The van der Waals surface area contributed by atoms with Gasteiger partial charge in [-0.2, -0.15) is 0 Å². The average molecular weight is 1030 g/mol. The number of unbranched alkanes of at least 4 members (excludes halogenated alkanes) is 49. The third-order valence-corrected chi connectivity index (χ3v) is 15.5. The predicted molar refractivity (Wildman–Crippen MR) is 320 cm³/mol. The lowest BCUT2D eigenvalue weighted by atomic mass is 10.0. The van der Waals surface area contributed by atoms with Crippen molar-refractivity contribution in [3.05, 3.63) is 24.3 Å². The number of carbonyl (C=O) groups is 2. The summed E-state index contributed by atoms with van der Waals surface area (Å²) in [6.07, 6.45) is 78.1. The Balaban J connectivity index is 3.36. The van der Waals surface area contributed by atoms with Gasteiger partial charge in [-0.25, -0.2) is 0 Å². The van der Waals surface area contributed by atoms with Crippen LogP contribution in [0.25, 0.3) is 0 Å². The third-order valence-electron chi connectivity index (χ3n) is 15.5. The monoisotopic (exact) mass is 1030 g/mol. The van der Waals surface area contributed by atoms with E-state index in [9.17, 15) is 19.8 Å². The standard InChI is InChI=1S/C67H129NO5/c1-3-5-7-9-11-13-15-17-18-19-31-34-37-41-45-49-53-57-61-67(72)73-62-58-54-50-46-42-38-35-32-29-27-25-23-21-20-22-24-26-28-30-33-36-40-44-48-52-56-60-66(71)68-64(63-69)65(70)59-55-51-47-43-39-16-14-12-10-8-6-4-2/h20,22,55,59,64-65,69-70H,3-19,21,23-54,56-58,60-63H2,1-2H3,(H,68,71)/b22-20-,59-55+. The van der Waals surface area contributed by atoms with Crippen LogP contribution in [0.2, 0.25) is 0 Å². The number of nitrogens with one attached hydrogen (secondary N) is 1. The summed E-state index contributed by atoms with van der Waals surface area (Å²) in [5.74, 6) is -0.0505. The lowest BCUT2D eigenvalue weighted by molar-refractivity contribution is -0.143. The fourth-order valence-corrected chi connectivity index (χ4v) is 10.4. The predicted octanol–water partition coefficient (Wildman–Crippen LogP) is 21.0. The van der Waals surface area contributed by atoms with Crippen molar-refractivity contribution >= 4 is 11.9 Å². The highest BCUT2D eigenvalue weighted by Gasteiger charge is 2.18. The van der Waals surface area contributed by atoms with Crippen LogP contribution in [0.15, 0.2) is 24.3 Å². The third kappa shape index (κ3) is 59.4. The molecule has 0 fully saturated rings. The first-order valence-corrected chi connectivity index (χ1v) is 33.1. The van der Waals surface area contributed by atoms with Gasteiger partial charge < -0.3 is 20.3 Å². The van der Waals surface area contributed by atoms with E-state index in [1.165, 1.54) is 302 Å². The summed E-state index contributed by atoms with van der Waals surface area (Å²) in [6.45, 7) is 4.92. The molecule has 432 valence electrons. The number of hydrogen-bond donors (Lipinski definition) is 3. The van der Waals surface area contributed by atoms with E-state index in [0.717, 1.165) is 38.5 Å². The van der Waals surface area contributed by atoms with Crippen LogP contribution in [0.5, 0.6) is 0 Å². The number of aliphatic hydroxyl groups is 2. The van der Waals surface area contributed by atoms with Crippen LogP contribution in [0.3, 0.4) is 0 Å². The number of ether oxygens (including phenoxy) is 1. The van der Waals surface area contributed by atoms with E-state index in [1.54, 1.807) is 6.08 Å². The van der Waals surface area contributed by atoms with Gasteiger partial charge in [0.15, 0.2) is 0 Å². The molecule has 0 aromatic carbocycles. The molecule has 2 unspecified atom stereocenters. The second kappa shape index (κ2) is 62.9. The number of carbonyl (C=O) groups excluding carboxylic acids is 2. The highest BCUT2D eigenvalue weighted by molar-refractivity contribution is 5.76. The Kier molecular flexibility index (Phi) is 61.4. The molecule has 3 N–H and O–H groups in total. The van der Waals surface area contributed by atoms with Gasteiger partial charge in [0.25, 0.3) is 0 Å². The summed E-state index contributed by atoms with van der Waals surface area (Å²) in [6, 6.07) is -0.628. The van der Waals surface area contributed by atoms with Crippen LogP contribution in [0, 0.1) is 0 Å². The minimum Gasteiger partial charge on any atom is -0.466 e. The SMILES string of the molecule is CCCCCCCCCCCC/C=C/C(O)C(CO)NC(=O)CCCCCCCCCCCC/C=C\CCCCCCCCCCCCCCOC(=O)CCCCCCCCCCCCCCCCCCCC. The summed E-state index contributed by atoms with van der Waals surface area (Å²) >= 11 is 0. The van der Waals surface area contributed by atoms with Gasteiger partial charge in [-0.05, 0) is 57.8 Å². The first kappa shape index (κ1) is 71.3. The number of rotatable bonds is 62. The van der Waals surface area contributed by atoms with Crippen molar-refractivity contribution in [2.75, 3.05) is 13.2 Å². The van der Waals surface area contributed by atoms with E-state index < -0.39 is 12.1 Å². The van der Waals surface area contributed by atoms with Gasteiger partial charge in [0.1, 0.15) is 0 Å². The smallest absolute Gasteiger partial charge is 0.305 e. The van der Waals surface area contributed by atoms with Crippen LogP contribution in [-0.2, 0) is 14.3 Å². The Morgan fingerprint density at radius 2 is 0.644 bits per heavy atom. The average Bonchev–Trinajstić information content (AvgIpc) is 3.39. The zero-order valence-electron chi connectivity index (χ0n) is 49.4. The minimum absolute atomic E-state index is 0.0187. The zero-order valence-corrected chi connectivity index (χ0v) is 49.4. The van der Waals surface area contributed by atoms with Gasteiger partial charge in [0.05, 0.1) is 25.4 Å². The van der Waals surface area contributed by atoms with Crippen LogP contribution >= 0.6 is 0 Å². The summed E-state index contributed by atoms with van der Waals surface area (Å²) in [5, 5.41) is 23.1. The second-order valence-electron chi connectivity index (χ2n) is 22.8. The van der Waals surface area contributed by atoms with Crippen LogP contribution in [0.1, 0.15) is 367 Å². The van der Waals surface area contributed by atoms with Crippen LogP contribution in [0.4, 0.5) is 0 Å². The highest BCUT2D eigenvalue weighted by atomic mass is 16.5. The summed E-state index contributed by atoms with van der Waals surface area (Å²) in [4.78, 5) is 24.5.